The smallest absolute Gasteiger partial charge is 0.407 e. The number of aromatic nitrogens is 1. The van der Waals surface area contributed by atoms with E-state index in [1.54, 1.807) is 6.20 Å². The molecule has 7 nitrogen and oxygen atoms in total. The van der Waals surface area contributed by atoms with Gasteiger partial charge in [-0.3, -0.25) is 4.98 Å². The Hall–Kier alpha value is -2.31. The first-order valence-electron chi connectivity index (χ1n) is 9.02. The summed E-state index contributed by atoms with van der Waals surface area (Å²) in [6.45, 7) is 3.25. The zero-order valence-electron chi connectivity index (χ0n) is 14.2. The predicted molar refractivity (Wildman–Crippen MR) is 90.8 cm³/mol. The Balaban J connectivity index is 1.26. The van der Waals surface area contributed by atoms with E-state index >= 15 is 0 Å². The van der Waals surface area contributed by atoms with Gasteiger partial charge in [0.15, 0.2) is 0 Å². The van der Waals surface area contributed by atoms with E-state index in [4.69, 9.17) is 5.11 Å². The molecule has 3 atom stereocenters. The highest BCUT2D eigenvalue weighted by molar-refractivity contribution is 5.75. The van der Waals surface area contributed by atoms with Gasteiger partial charge in [-0.05, 0) is 54.2 Å². The SMILES string of the molecule is O=C(O)N1CCC2CC(CNC(=O)N3Cc4ccncc4C3)CC2C1. The number of carbonyl (C=O) groups excluding carboxylic acids is 1. The highest BCUT2D eigenvalue weighted by Gasteiger charge is 2.39. The summed E-state index contributed by atoms with van der Waals surface area (Å²) in [5.41, 5.74) is 2.30. The molecule has 2 aliphatic heterocycles. The van der Waals surface area contributed by atoms with Gasteiger partial charge in [0.1, 0.15) is 0 Å². The van der Waals surface area contributed by atoms with Crippen molar-refractivity contribution in [1.29, 1.82) is 0 Å². The number of urea groups is 1. The highest BCUT2D eigenvalue weighted by Crippen LogP contribution is 2.41. The Morgan fingerprint density at radius 2 is 2.00 bits per heavy atom. The second-order valence-corrected chi connectivity index (χ2v) is 7.56. The normalized spacial score (nSPS) is 27.8. The van der Waals surface area contributed by atoms with Crippen molar-refractivity contribution in [2.75, 3.05) is 19.6 Å². The van der Waals surface area contributed by atoms with E-state index in [9.17, 15) is 9.59 Å². The monoisotopic (exact) mass is 344 g/mol. The van der Waals surface area contributed by atoms with Crippen molar-refractivity contribution < 1.29 is 14.7 Å². The first kappa shape index (κ1) is 16.2. The van der Waals surface area contributed by atoms with Crippen LogP contribution in [0.4, 0.5) is 9.59 Å². The molecule has 0 spiro atoms. The lowest BCUT2D eigenvalue weighted by Gasteiger charge is -2.33. The van der Waals surface area contributed by atoms with Crippen molar-refractivity contribution in [3.63, 3.8) is 0 Å². The van der Waals surface area contributed by atoms with Crippen molar-refractivity contribution >= 4 is 12.1 Å². The summed E-state index contributed by atoms with van der Waals surface area (Å²) in [5.74, 6) is 1.52. The number of likely N-dealkylation sites (tertiary alicyclic amines) is 1. The molecular formula is C18H24N4O3. The third-order valence-corrected chi connectivity index (χ3v) is 5.99. The van der Waals surface area contributed by atoms with Crippen LogP contribution in [0.5, 0.6) is 0 Å². The van der Waals surface area contributed by atoms with Crippen LogP contribution in [-0.4, -0.2) is 51.6 Å². The van der Waals surface area contributed by atoms with E-state index < -0.39 is 6.09 Å². The summed E-state index contributed by atoms with van der Waals surface area (Å²) in [5, 5.41) is 12.2. The maximum Gasteiger partial charge on any atom is 0.407 e. The summed E-state index contributed by atoms with van der Waals surface area (Å²) < 4.78 is 0. The Kier molecular flexibility index (Phi) is 4.23. The molecule has 3 heterocycles. The number of hydrogen-bond acceptors (Lipinski definition) is 3. The molecule has 1 aromatic rings. The van der Waals surface area contributed by atoms with Gasteiger partial charge in [0.05, 0.1) is 0 Å². The average molecular weight is 344 g/mol. The Morgan fingerprint density at radius 1 is 1.20 bits per heavy atom. The largest absolute Gasteiger partial charge is 0.465 e. The third kappa shape index (κ3) is 3.27. The molecule has 7 heteroatoms. The Morgan fingerprint density at radius 3 is 2.80 bits per heavy atom. The molecular weight excluding hydrogens is 320 g/mol. The van der Waals surface area contributed by atoms with Gasteiger partial charge >= 0.3 is 12.1 Å². The maximum atomic E-state index is 12.4. The van der Waals surface area contributed by atoms with Crippen LogP contribution >= 0.6 is 0 Å². The number of nitrogens with zero attached hydrogens (tertiary/aromatic N) is 3. The van der Waals surface area contributed by atoms with Crippen molar-refractivity contribution in [3.8, 4) is 0 Å². The van der Waals surface area contributed by atoms with E-state index in [1.807, 2.05) is 17.2 Å². The molecule has 2 N–H and O–H groups in total. The van der Waals surface area contributed by atoms with E-state index in [0.717, 1.165) is 24.8 Å². The second kappa shape index (κ2) is 6.54. The highest BCUT2D eigenvalue weighted by atomic mass is 16.4. The van der Waals surface area contributed by atoms with E-state index in [1.165, 1.54) is 10.5 Å². The van der Waals surface area contributed by atoms with Crippen LogP contribution in [0.3, 0.4) is 0 Å². The number of hydrogen-bond donors (Lipinski definition) is 2. The topological polar surface area (TPSA) is 85.8 Å². The van der Waals surface area contributed by atoms with Crippen molar-refractivity contribution in [2.45, 2.75) is 32.4 Å². The van der Waals surface area contributed by atoms with Crippen molar-refractivity contribution in [1.82, 2.24) is 20.1 Å². The summed E-state index contributed by atoms with van der Waals surface area (Å²) in [7, 11) is 0. The average Bonchev–Trinajstić information content (AvgIpc) is 3.22. The van der Waals surface area contributed by atoms with E-state index in [2.05, 4.69) is 10.3 Å². The number of pyridine rings is 1. The Labute approximate surface area is 147 Å². The lowest BCUT2D eigenvalue weighted by molar-refractivity contribution is 0.106. The number of rotatable bonds is 2. The molecule has 0 aromatic carbocycles. The Bertz CT molecular complexity index is 655. The quantitative estimate of drug-likeness (QED) is 0.861. The van der Waals surface area contributed by atoms with Gasteiger partial charge in [0.2, 0.25) is 0 Å². The predicted octanol–water partition coefficient (Wildman–Crippen LogP) is 2.13. The molecule has 25 heavy (non-hydrogen) atoms. The fraction of sp³-hybridized carbons (Fsp3) is 0.611. The summed E-state index contributed by atoms with van der Waals surface area (Å²) in [6, 6.07) is 1.96. The zero-order chi connectivity index (χ0) is 17.4. The molecule has 1 aromatic heterocycles. The molecule has 3 unspecified atom stereocenters. The number of piperidine rings is 1. The molecule has 3 aliphatic rings. The molecule has 1 saturated heterocycles. The van der Waals surface area contributed by atoms with Gasteiger partial charge in [0, 0.05) is 45.1 Å². The summed E-state index contributed by atoms with van der Waals surface area (Å²) in [6.07, 6.45) is 5.86. The van der Waals surface area contributed by atoms with Crippen LogP contribution in [0, 0.1) is 17.8 Å². The minimum atomic E-state index is -0.807. The van der Waals surface area contributed by atoms with Gasteiger partial charge in [-0.15, -0.1) is 0 Å². The number of fused-ring (bicyclic) bond motifs is 2. The number of carboxylic acid groups (broad SMARTS) is 1. The first-order chi connectivity index (χ1) is 12.1. The van der Waals surface area contributed by atoms with Gasteiger partial charge in [-0.2, -0.15) is 0 Å². The number of amides is 3. The van der Waals surface area contributed by atoms with E-state index in [0.29, 0.717) is 50.5 Å². The lowest BCUT2D eigenvalue weighted by Crippen LogP contribution is -2.41. The van der Waals surface area contributed by atoms with Crippen molar-refractivity contribution in [3.05, 3.63) is 29.6 Å². The van der Waals surface area contributed by atoms with Crippen LogP contribution < -0.4 is 5.32 Å². The summed E-state index contributed by atoms with van der Waals surface area (Å²) >= 11 is 0. The van der Waals surface area contributed by atoms with Crippen LogP contribution in [0.25, 0.3) is 0 Å². The first-order valence-corrected chi connectivity index (χ1v) is 9.02. The number of nitrogens with one attached hydrogen (secondary N) is 1. The van der Waals surface area contributed by atoms with Gasteiger partial charge in [0.25, 0.3) is 0 Å². The van der Waals surface area contributed by atoms with Crippen LogP contribution in [0.15, 0.2) is 18.5 Å². The minimum absolute atomic E-state index is 0.0155. The molecule has 2 fully saturated rings. The molecule has 0 bridgehead atoms. The van der Waals surface area contributed by atoms with Crippen LogP contribution in [0.2, 0.25) is 0 Å². The molecule has 0 radical (unpaired) electrons. The molecule has 1 saturated carbocycles. The second-order valence-electron chi connectivity index (χ2n) is 7.56. The molecule has 4 rings (SSSR count). The van der Waals surface area contributed by atoms with Gasteiger partial charge < -0.3 is 20.2 Å². The molecule has 3 amide bonds. The standard InChI is InChI=1S/C18H24N4O3/c23-17(22-9-14-1-3-19-8-16(14)11-22)20-7-12-5-13-2-4-21(18(24)25)10-15(13)6-12/h1,3,8,12-13,15H,2,4-7,9-11H2,(H,20,23)(H,24,25). The third-order valence-electron chi connectivity index (χ3n) is 5.99. The lowest BCUT2D eigenvalue weighted by atomic mass is 9.89. The van der Waals surface area contributed by atoms with Crippen LogP contribution in [0.1, 0.15) is 30.4 Å². The van der Waals surface area contributed by atoms with Crippen LogP contribution in [-0.2, 0) is 13.1 Å². The molecule has 1 aliphatic carbocycles. The van der Waals surface area contributed by atoms with Gasteiger partial charge in [-0.1, -0.05) is 0 Å². The summed E-state index contributed by atoms with van der Waals surface area (Å²) in [4.78, 5) is 31.0. The maximum absolute atomic E-state index is 12.4. The fourth-order valence-electron chi connectivity index (χ4n) is 4.66. The van der Waals surface area contributed by atoms with Crippen molar-refractivity contribution in [2.24, 2.45) is 17.8 Å². The van der Waals surface area contributed by atoms with E-state index in [-0.39, 0.29) is 6.03 Å². The number of carbonyl (C=O) groups is 2. The minimum Gasteiger partial charge on any atom is -0.465 e. The zero-order valence-corrected chi connectivity index (χ0v) is 14.2. The molecule has 134 valence electrons. The van der Waals surface area contributed by atoms with Gasteiger partial charge in [-0.25, -0.2) is 9.59 Å². The fourth-order valence-corrected chi connectivity index (χ4v) is 4.66.